The van der Waals surface area contributed by atoms with Gasteiger partial charge in [-0.15, -0.1) is 0 Å². The Morgan fingerprint density at radius 2 is 2.00 bits per heavy atom. The van der Waals surface area contributed by atoms with Crippen LogP contribution in [0.15, 0.2) is 24.3 Å². The number of benzene rings is 1. The fourth-order valence-corrected chi connectivity index (χ4v) is 2.65. The van der Waals surface area contributed by atoms with Gasteiger partial charge in [0.15, 0.2) is 0 Å². The van der Waals surface area contributed by atoms with Crippen molar-refractivity contribution in [1.82, 2.24) is 10.2 Å². The normalized spacial score (nSPS) is 17.4. The lowest BCUT2D eigenvalue weighted by atomic mass is 10.1. The minimum absolute atomic E-state index is 0.562. The van der Waals surface area contributed by atoms with Gasteiger partial charge in [0.25, 0.3) is 0 Å². The Morgan fingerprint density at radius 3 is 2.59 bits per heavy atom. The standard InChI is InChI=1S/C15H24N2/c1-13-6-4-5-7-14(13)10-17(3)12-15(8-9-15)11-16-2/h4-7,16H,8-12H2,1-3H3. The summed E-state index contributed by atoms with van der Waals surface area (Å²) in [6.07, 6.45) is 2.76. The molecule has 1 aromatic rings. The molecule has 1 saturated carbocycles. The van der Waals surface area contributed by atoms with Crippen LogP contribution in [0.25, 0.3) is 0 Å². The molecule has 0 heterocycles. The quantitative estimate of drug-likeness (QED) is 0.810. The average Bonchev–Trinajstić information content (AvgIpc) is 3.02. The Labute approximate surface area is 105 Å². The molecule has 1 fully saturated rings. The van der Waals surface area contributed by atoms with E-state index in [-0.39, 0.29) is 0 Å². The van der Waals surface area contributed by atoms with E-state index < -0.39 is 0 Å². The fourth-order valence-electron chi connectivity index (χ4n) is 2.65. The molecule has 0 radical (unpaired) electrons. The van der Waals surface area contributed by atoms with Gasteiger partial charge in [0.05, 0.1) is 0 Å². The van der Waals surface area contributed by atoms with Gasteiger partial charge in [0.1, 0.15) is 0 Å². The Kier molecular flexibility index (Phi) is 3.85. The van der Waals surface area contributed by atoms with E-state index in [1.165, 1.54) is 30.5 Å². The minimum Gasteiger partial charge on any atom is -0.319 e. The second-order valence-electron chi connectivity index (χ2n) is 5.63. The smallest absolute Gasteiger partial charge is 0.0233 e. The number of hydrogen-bond donors (Lipinski definition) is 1. The summed E-state index contributed by atoms with van der Waals surface area (Å²) in [6, 6.07) is 8.69. The van der Waals surface area contributed by atoms with Gasteiger partial charge in [-0.1, -0.05) is 24.3 Å². The summed E-state index contributed by atoms with van der Waals surface area (Å²) in [5.74, 6) is 0. The first kappa shape index (κ1) is 12.6. The molecule has 0 amide bonds. The highest BCUT2D eigenvalue weighted by molar-refractivity contribution is 5.25. The summed E-state index contributed by atoms with van der Waals surface area (Å²) >= 11 is 0. The molecular formula is C15H24N2. The summed E-state index contributed by atoms with van der Waals surface area (Å²) in [5, 5.41) is 3.32. The van der Waals surface area contributed by atoms with Crippen molar-refractivity contribution in [2.75, 3.05) is 27.2 Å². The van der Waals surface area contributed by atoms with E-state index >= 15 is 0 Å². The monoisotopic (exact) mass is 232 g/mol. The third-order valence-electron chi connectivity index (χ3n) is 3.82. The van der Waals surface area contributed by atoms with Gasteiger partial charge in [-0.25, -0.2) is 0 Å². The molecule has 0 aliphatic heterocycles. The van der Waals surface area contributed by atoms with Crippen LogP contribution in [0.5, 0.6) is 0 Å². The molecule has 2 rings (SSSR count). The van der Waals surface area contributed by atoms with Crippen LogP contribution >= 0.6 is 0 Å². The number of hydrogen-bond acceptors (Lipinski definition) is 2. The molecule has 2 nitrogen and oxygen atoms in total. The first-order valence-electron chi connectivity index (χ1n) is 6.53. The summed E-state index contributed by atoms with van der Waals surface area (Å²) in [7, 11) is 4.30. The predicted molar refractivity (Wildman–Crippen MR) is 73.1 cm³/mol. The average molecular weight is 232 g/mol. The van der Waals surface area contributed by atoms with Crippen molar-refractivity contribution in [3.05, 3.63) is 35.4 Å². The maximum Gasteiger partial charge on any atom is 0.0233 e. The lowest BCUT2D eigenvalue weighted by Gasteiger charge is -2.24. The van der Waals surface area contributed by atoms with Crippen LogP contribution in [0.4, 0.5) is 0 Å². The Bertz CT molecular complexity index is 369. The molecule has 0 aromatic heterocycles. The number of nitrogens with zero attached hydrogens (tertiary/aromatic N) is 1. The van der Waals surface area contributed by atoms with E-state index in [4.69, 9.17) is 0 Å². The zero-order valence-electron chi connectivity index (χ0n) is 11.3. The number of rotatable bonds is 6. The van der Waals surface area contributed by atoms with Crippen molar-refractivity contribution in [2.45, 2.75) is 26.3 Å². The minimum atomic E-state index is 0.562. The van der Waals surface area contributed by atoms with E-state index in [9.17, 15) is 0 Å². The van der Waals surface area contributed by atoms with E-state index in [2.05, 4.69) is 55.5 Å². The van der Waals surface area contributed by atoms with Crippen LogP contribution in [0, 0.1) is 12.3 Å². The Morgan fingerprint density at radius 1 is 1.29 bits per heavy atom. The van der Waals surface area contributed by atoms with E-state index in [0.717, 1.165) is 13.1 Å². The summed E-state index contributed by atoms with van der Waals surface area (Å²) in [4.78, 5) is 2.46. The van der Waals surface area contributed by atoms with Crippen LogP contribution in [0.3, 0.4) is 0 Å². The van der Waals surface area contributed by atoms with Gasteiger partial charge in [0, 0.05) is 19.6 Å². The molecule has 0 atom stereocenters. The Hall–Kier alpha value is -0.860. The summed E-state index contributed by atoms with van der Waals surface area (Å²) in [6.45, 7) is 5.63. The van der Waals surface area contributed by atoms with Gasteiger partial charge in [0.2, 0.25) is 0 Å². The molecule has 1 N–H and O–H groups in total. The first-order chi connectivity index (χ1) is 8.15. The van der Waals surface area contributed by atoms with Crippen LogP contribution < -0.4 is 5.32 Å². The third-order valence-corrected chi connectivity index (χ3v) is 3.82. The van der Waals surface area contributed by atoms with Gasteiger partial charge in [-0.05, 0) is 50.4 Å². The maximum absolute atomic E-state index is 3.32. The molecule has 1 aliphatic rings. The largest absolute Gasteiger partial charge is 0.319 e. The van der Waals surface area contributed by atoms with Gasteiger partial charge in [-0.2, -0.15) is 0 Å². The van der Waals surface area contributed by atoms with Crippen molar-refractivity contribution >= 4 is 0 Å². The van der Waals surface area contributed by atoms with Crippen LogP contribution in [0.2, 0.25) is 0 Å². The van der Waals surface area contributed by atoms with Crippen molar-refractivity contribution in [3.63, 3.8) is 0 Å². The number of nitrogens with one attached hydrogen (secondary N) is 1. The fraction of sp³-hybridized carbons (Fsp3) is 0.600. The van der Waals surface area contributed by atoms with E-state index in [0.29, 0.717) is 5.41 Å². The number of aryl methyl sites for hydroxylation is 1. The lowest BCUT2D eigenvalue weighted by Crippen LogP contribution is -2.32. The van der Waals surface area contributed by atoms with Crippen molar-refractivity contribution in [1.29, 1.82) is 0 Å². The summed E-state index contributed by atoms with van der Waals surface area (Å²) in [5.41, 5.74) is 3.42. The van der Waals surface area contributed by atoms with Crippen molar-refractivity contribution < 1.29 is 0 Å². The zero-order chi connectivity index (χ0) is 12.3. The molecule has 17 heavy (non-hydrogen) atoms. The second kappa shape index (κ2) is 5.19. The van der Waals surface area contributed by atoms with E-state index in [1.807, 2.05) is 0 Å². The van der Waals surface area contributed by atoms with Crippen LogP contribution in [-0.2, 0) is 6.54 Å². The topological polar surface area (TPSA) is 15.3 Å². The van der Waals surface area contributed by atoms with Crippen molar-refractivity contribution in [2.24, 2.45) is 5.41 Å². The van der Waals surface area contributed by atoms with Crippen LogP contribution in [-0.4, -0.2) is 32.1 Å². The second-order valence-corrected chi connectivity index (χ2v) is 5.63. The molecule has 0 saturated heterocycles. The maximum atomic E-state index is 3.32. The third kappa shape index (κ3) is 3.30. The molecular weight excluding hydrogens is 208 g/mol. The highest BCUT2D eigenvalue weighted by Crippen LogP contribution is 2.45. The summed E-state index contributed by atoms with van der Waals surface area (Å²) < 4.78 is 0. The predicted octanol–water partition coefficient (Wildman–Crippen LogP) is 2.43. The molecule has 0 unspecified atom stereocenters. The molecule has 2 heteroatoms. The van der Waals surface area contributed by atoms with Crippen molar-refractivity contribution in [3.8, 4) is 0 Å². The van der Waals surface area contributed by atoms with Gasteiger partial charge in [-0.3, -0.25) is 0 Å². The molecule has 0 bridgehead atoms. The first-order valence-corrected chi connectivity index (χ1v) is 6.53. The lowest BCUT2D eigenvalue weighted by molar-refractivity contribution is 0.252. The highest BCUT2D eigenvalue weighted by atomic mass is 15.1. The molecule has 94 valence electrons. The molecule has 0 spiro atoms. The van der Waals surface area contributed by atoms with Gasteiger partial charge < -0.3 is 10.2 Å². The van der Waals surface area contributed by atoms with E-state index in [1.54, 1.807) is 0 Å². The zero-order valence-corrected chi connectivity index (χ0v) is 11.3. The van der Waals surface area contributed by atoms with Crippen LogP contribution in [0.1, 0.15) is 24.0 Å². The SMILES string of the molecule is CNCC1(CN(C)Cc2ccccc2C)CC1. The Balaban J connectivity index is 1.89. The highest BCUT2D eigenvalue weighted by Gasteiger charge is 2.42. The van der Waals surface area contributed by atoms with Gasteiger partial charge >= 0.3 is 0 Å². The molecule has 1 aliphatic carbocycles. The molecule has 1 aromatic carbocycles.